The number of hydrogen-bond donors (Lipinski definition) is 2. The minimum Gasteiger partial charge on any atom is -0.389 e. The summed E-state index contributed by atoms with van der Waals surface area (Å²) in [6, 6.07) is 17.5. The molecule has 20 heavy (non-hydrogen) atoms. The lowest BCUT2D eigenvalue weighted by Crippen LogP contribution is -2.09. The van der Waals surface area contributed by atoms with Crippen LogP contribution in [0.25, 0.3) is 0 Å². The van der Waals surface area contributed by atoms with E-state index in [1.807, 2.05) is 48.5 Å². The first-order chi connectivity index (χ1) is 9.61. The van der Waals surface area contributed by atoms with E-state index in [9.17, 15) is 5.11 Å². The van der Waals surface area contributed by atoms with Crippen LogP contribution in [0.15, 0.2) is 48.5 Å². The van der Waals surface area contributed by atoms with E-state index in [0.29, 0.717) is 5.56 Å². The number of hydrogen-bond acceptors (Lipinski definition) is 3. The van der Waals surface area contributed by atoms with Crippen molar-refractivity contribution in [2.75, 3.05) is 5.32 Å². The van der Waals surface area contributed by atoms with Crippen LogP contribution in [0.5, 0.6) is 0 Å². The first-order valence-electron chi connectivity index (χ1n) is 6.65. The molecule has 2 rings (SSSR count). The third-order valence-electron chi connectivity index (χ3n) is 3.32. The van der Waals surface area contributed by atoms with Crippen molar-refractivity contribution in [1.29, 1.82) is 5.26 Å². The molecule has 2 atom stereocenters. The molecule has 0 saturated carbocycles. The molecule has 0 aliphatic rings. The van der Waals surface area contributed by atoms with E-state index in [1.165, 1.54) is 0 Å². The minimum atomic E-state index is -0.508. The van der Waals surface area contributed by atoms with E-state index in [0.717, 1.165) is 16.8 Å². The van der Waals surface area contributed by atoms with E-state index in [4.69, 9.17) is 5.26 Å². The minimum absolute atomic E-state index is 0.0997. The fraction of sp³-hybridized carbons (Fsp3) is 0.235. The molecule has 0 aliphatic carbocycles. The summed E-state index contributed by atoms with van der Waals surface area (Å²) in [5.74, 6) is 0. The van der Waals surface area contributed by atoms with E-state index in [2.05, 4.69) is 18.3 Å². The number of aliphatic hydroxyl groups is 1. The Morgan fingerprint density at radius 2 is 1.70 bits per heavy atom. The van der Waals surface area contributed by atoms with Crippen LogP contribution in [0.2, 0.25) is 0 Å². The maximum Gasteiger partial charge on any atom is 0.0991 e. The monoisotopic (exact) mass is 266 g/mol. The van der Waals surface area contributed by atoms with Crippen LogP contribution >= 0.6 is 0 Å². The maximum absolute atomic E-state index is 9.78. The molecule has 0 aromatic heterocycles. The van der Waals surface area contributed by atoms with Crippen LogP contribution in [0.3, 0.4) is 0 Å². The Hall–Kier alpha value is -2.31. The van der Waals surface area contributed by atoms with E-state index in [-0.39, 0.29) is 6.04 Å². The van der Waals surface area contributed by atoms with Crippen LogP contribution in [0.4, 0.5) is 5.69 Å². The highest BCUT2D eigenvalue weighted by Crippen LogP contribution is 2.26. The van der Waals surface area contributed by atoms with Gasteiger partial charge in [0, 0.05) is 17.3 Å². The normalized spacial score (nSPS) is 13.3. The average molecular weight is 266 g/mol. The van der Waals surface area contributed by atoms with Crippen LogP contribution in [-0.2, 0) is 0 Å². The molecule has 0 radical (unpaired) electrons. The number of nitrogens with zero attached hydrogens (tertiary/aromatic N) is 1. The molecule has 0 amide bonds. The second-order valence-corrected chi connectivity index (χ2v) is 4.86. The van der Waals surface area contributed by atoms with Crippen molar-refractivity contribution in [3.63, 3.8) is 0 Å². The maximum atomic E-state index is 9.78. The Labute approximate surface area is 119 Å². The SMILES string of the molecule is CC(O)c1ccccc1NC(C)c1ccc(C#N)cc1. The molecule has 2 unspecified atom stereocenters. The highest BCUT2D eigenvalue weighted by Gasteiger charge is 2.10. The van der Waals surface area contributed by atoms with Gasteiger partial charge in [0.05, 0.1) is 17.7 Å². The predicted octanol–water partition coefficient (Wildman–Crippen LogP) is 3.78. The van der Waals surface area contributed by atoms with Crippen molar-refractivity contribution in [3.05, 3.63) is 65.2 Å². The summed E-state index contributed by atoms with van der Waals surface area (Å²) in [7, 11) is 0. The van der Waals surface area contributed by atoms with Gasteiger partial charge in [-0.1, -0.05) is 30.3 Å². The van der Waals surface area contributed by atoms with Crippen molar-refractivity contribution in [2.45, 2.75) is 26.0 Å². The summed E-state index contributed by atoms with van der Waals surface area (Å²) in [4.78, 5) is 0. The molecule has 0 bridgehead atoms. The number of rotatable bonds is 4. The van der Waals surface area contributed by atoms with Gasteiger partial charge < -0.3 is 10.4 Å². The molecule has 0 fully saturated rings. The van der Waals surface area contributed by atoms with Crippen molar-refractivity contribution in [2.24, 2.45) is 0 Å². The predicted molar refractivity (Wildman–Crippen MR) is 80.3 cm³/mol. The Bertz CT molecular complexity index is 612. The van der Waals surface area contributed by atoms with Gasteiger partial charge >= 0.3 is 0 Å². The topological polar surface area (TPSA) is 56.0 Å². The Morgan fingerprint density at radius 1 is 1.05 bits per heavy atom. The van der Waals surface area contributed by atoms with Crippen molar-refractivity contribution < 1.29 is 5.11 Å². The van der Waals surface area contributed by atoms with Crippen LogP contribution < -0.4 is 5.32 Å². The zero-order chi connectivity index (χ0) is 14.5. The second kappa shape index (κ2) is 6.23. The number of aliphatic hydroxyl groups excluding tert-OH is 1. The average Bonchev–Trinajstić information content (AvgIpc) is 2.47. The molecule has 2 aromatic rings. The van der Waals surface area contributed by atoms with Crippen molar-refractivity contribution in [1.82, 2.24) is 0 Å². The largest absolute Gasteiger partial charge is 0.389 e. The molecule has 2 N–H and O–H groups in total. The molecular weight excluding hydrogens is 248 g/mol. The molecule has 0 aliphatic heterocycles. The summed E-state index contributed by atoms with van der Waals surface area (Å²) in [5.41, 5.74) is 3.57. The molecule has 0 saturated heterocycles. The molecule has 2 aromatic carbocycles. The van der Waals surface area contributed by atoms with Crippen molar-refractivity contribution in [3.8, 4) is 6.07 Å². The van der Waals surface area contributed by atoms with Gasteiger partial charge in [-0.25, -0.2) is 0 Å². The first-order valence-corrected chi connectivity index (χ1v) is 6.65. The van der Waals surface area contributed by atoms with Crippen molar-refractivity contribution >= 4 is 5.69 Å². The lowest BCUT2D eigenvalue weighted by molar-refractivity contribution is 0.200. The number of nitrogens with one attached hydrogen (secondary N) is 1. The second-order valence-electron chi connectivity index (χ2n) is 4.86. The number of nitriles is 1. The van der Waals surface area contributed by atoms with Gasteiger partial charge in [0.2, 0.25) is 0 Å². The van der Waals surface area contributed by atoms with E-state index in [1.54, 1.807) is 6.92 Å². The first kappa shape index (κ1) is 14.1. The smallest absolute Gasteiger partial charge is 0.0991 e. The Kier molecular flexibility index (Phi) is 4.39. The summed E-state index contributed by atoms with van der Waals surface area (Å²) in [6.45, 7) is 3.81. The molecule has 102 valence electrons. The third kappa shape index (κ3) is 3.17. The van der Waals surface area contributed by atoms with Gasteiger partial charge in [-0.15, -0.1) is 0 Å². The summed E-state index contributed by atoms with van der Waals surface area (Å²) >= 11 is 0. The molecule has 0 spiro atoms. The number of anilines is 1. The van der Waals surface area contributed by atoms with Gasteiger partial charge in [-0.3, -0.25) is 0 Å². The highest BCUT2D eigenvalue weighted by molar-refractivity contribution is 5.53. The van der Waals surface area contributed by atoms with E-state index >= 15 is 0 Å². The third-order valence-corrected chi connectivity index (χ3v) is 3.32. The molecular formula is C17H18N2O. The fourth-order valence-corrected chi connectivity index (χ4v) is 2.16. The Morgan fingerprint density at radius 3 is 2.30 bits per heavy atom. The zero-order valence-electron chi connectivity index (χ0n) is 11.7. The van der Waals surface area contributed by atoms with Crippen LogP contribution in [0.1, 0.15) is 42.7 Å². The molecule has 3 nitrogen and oxygen atoms in total. The fourth-order valence-electron chi connectivity index (χ4n) is 2.16. The van der Waals surface area contributed by atoms with Gasteiger partial charge in [-0.2, -0.15) is 5.26 Å². The standard InChI is InChI=1S/C17H18N2O/c1-12(15-9-7-14(11-18)8-10-15)19-17-6-4-3-5-16(17)13(2)20/h3-10,12-13,19-20H,1-2H3. The van der Waals surface area contributed by atoms with Gasteiger partial charge in [0.25, 0.3) is 0 Å². The quantitative estimate of drug-likeness (QED) is 0.885. The lowest BCUT2D eigenvalue weighted by atomic mass is 10.0. The van der Waals surface area contributed by atoms with Gasteiger partial charge in [-0.05, 0) is 37.6 Å². The summed E-state index contributed by atoms with van der Waals surface area (Å²) < 4.78 is 0. The number of para-hydroxylation sites is 1. The number of benzene rings is 2. The van der Waals surface area contributed by atoms with E-state index < -0.39 is 6.10 Å². The summed E-state index contributed by atoms with van der Waals surface area (Å²) in [6.07, 6.45) is -0.508. The summed E-state index contributed by atoms with van der Waals surface area (Å²) in [5, 5.41) is 22.0. The van der Waals surface area contributed by atoms with Gasteiger partial charge in [0.15, 0.2) is 0 Å². The lowest BCUT2D eigenvalue weighted by Gasteiger charge is -2.19. The van der Waals surface area contributed by atoms with Crippen LogP contribution in [-0.4, -0.2) is 5.11 Å². The molecule has 3 heteroatoms. The van der Waals surface area contributed by atoms with Crippen LogP contribution in [0, 0.1) is 11.3 Å². The van der Waals surface area contributed by atoms with Gasteiger partial charge in [0.1, 0.15) is 0 Å². The Balaban J connectivity index is 2.19. The molecule has 0 heterocycles. The highest BCUT2D eigenvalue weighted by atomic mass is 16.3. The zero-order valence-corrected chi connectivity index (χ0v) is 11.7.